The zero-order valence-corrected chi connectivity index (χ0v) is 14.1. The fraction of sp³-hybridized carbons (Fsp3) is 0.368. The first-order valence-corrected chi connectivity index (χ1v) is 8.13. The van der Waals surface area contributed by atoms with Gasteiger partial charge in [0.2, 0.25) is 0 Å². The molecule has 0 aliphatic rings. The van der Waals surface area contributed by atoms with Gasteiger partial charge in [-0.3, -0.25) is 4.79 Å². The summed E-state index contributed by atoms with van der Waals surface area (Å²) < 4.78 is 0. The molecule has 0 bridgehead atoms. The SMILES string of the molecule is CCN(Cc1ccccc1)C(=O)c1ccc(NCC(C)C)nc1. The Morgan fingerprint density at radius 2 is 1.91 bits per heavy atom. The lowest BCUT2D eigenvalue weighted by atomic mass is 10.2. The van der Waals surface area contributed by atoms with Gasteiger partial charge < -0.3 is 10.2 Å². The first kappa shape index (κ1) is 17.0. The Bertz CT molecular complexity index is 608. The van der Waals surface area contributed by atoms with Gasteiger partial charge in [-0.05, 0) is 30.5 Å². The van der Waals surface area contributed by atoms with Crippen LogP contribution in [0.1, 0.15) is 36.7 Å². The van der Waals surface area contributed by atoms with Crippen molar-refractivity contribution in [2.45, 2.75) is 27.3 Å². The minimum atomic E-state index is 0.0132. The van der Waals surface area contributed by atoms with Crippen molar-refractivity contribution in [1.29, 1.82) is 0 Å². The van der Waals surface area contributed by atoms with Crippen molar-refractivity contribution in [2.24, 2.45) is 5.92 Å². The highest BCUT2D eigenvalue weighted by molar-refractivity contribution is 5.94. The number of aromatic nitrogens is 1. The second kappa shape index (κ2) is 8.32. The van der Waals surface area contributed by atoms with Crippen molar-refractivity contribution in [3.8, 4) is 0 Å². The number of nitrogens with one attached hydrogen (secondary N) is 1. The molecule has 1 N–H and O–H groups in total. The summed E-state index contributed by atoms with van der Waals surface area (Å²) in [5.74, 6) is 1.38. The minimum absolute atomic E-state index is 0.0132. The Morgan fingerprint density at radius 3 is 2.48 bits per heavy atom. The van der Waals surface area contributed by atoms with Crippen LogP contribution < -0.4 is 5.32 Å². The summed E-state index contributed by atoms with van der Waals surface area (Å²) >= 11 is 0. The summed E-state index contributed by atoms with van der Waals surface area (Å²) in [6, 6.07) is 13.7. The standard InChI is InChI=1S/C19H25N3O/c1-4-22(14-16-8-6-5-7-9-16)19(23)17-10-11-18(21-13-17)20-12-15(2)3/h5-11,13,15H,4,12,14H2,1-3H3,(H,20,21). The van der Waals surface area contributed by atoms with E-state index in [2.05, 4.69) is 24.1 Å². The molecule has 23 heavy (non-hydrogen) atoms. The molecule has 0 radical (unpaired) electrons. The zero-order chi connectivity index (χ0) is 16.7. The smallest absolute Gasteiger partial charge is 0.255 e. The van der Waals surface area contributed by atoms with Crippen molar-refractivity contribution >= 4 is 11.7 Å². The van der Waals surface area contributed by atoms with Gasteiger partial charge in [0, 0.05) is 25.8 Å². The zero-order valence-electron chi connectivity index (χ0n) is 14.1. The van der Waals surface area contributed by atoms with Crippen molar-refractivity contribution in [2.75, 3.05) is 18.4 Å². The van der Waals surface area contributed by atoms with E-state index in [0.29, 0.717) is 24.6 Å². The highest BCUT2D eigenvalue weighted by Crippen LogP contribution is 2.11. The highest BCUT2D eigenvalue weighted by atomic mass is 16.2. The van der Waals surface area contributed by atoms with Gasteiger partial charge in [0.05, 0.1) is 5.56 Å². The van der Waals surface area contributed by atoms with Crippen LogP contribution >= 0.6 is 0 Å². The van der Waals surface area contributed by atoms with E-state index in [0.717, 1.165) is 17.9 Å². The number of anilines is 1. The van der Waals surface area contributed by atoms with E-state index < -0.39 is 0 Å². The Kier molecular flexibility index (Phi) is 6.15. The number of amides is 1. The van der Waals surface area contributed by atoms with E-state index in [1.807, 2.05) is 54.3 Å². The maximum Gasteiger partial charge on any atom is 0.255 e. The van der Waals surface area contributed by atoms with Crippen molar-refractivity contribution in [3.05, 3.63) is 59.8 Å². The lowest BCUT2D eigenvalue weighted by Gasteiger charge is -2.21. The van der Waals surface area contributed by atoms with E-state index in [9.17, 15) is 4.79 Å². The van der Waals surface area contributed by atoms with Crippen LogP contribution in [0.4, 0.5) is 5.82 Å². The van der Waals surface area contributed by atoms with Crippen LogP contribution in [0.25, 0.3) is 0 Å². The van der Waals surface area contributed by atoms with E-state index >= 15 is 0 Å². The second-order valence-corrected chi connectivity index (χ2v) is 6.01. The topological polar surface area (TPSA) is 45.2 Å². The first-order valence-electron chi connectivity index (χ1n) is 8.13. The average Bonchev–Trinajstić information content (AvgIpc) is 2.58. The number of pyridine rings is 1. The Labute approximate surface area is 138 Å². The molecule has 0 atom stereocenters. The molecule has 4 heteroatoms. The Hall–Kier alpha value is -2.36. The van der Waals surface area contributed by atoms with Crippen LogP contribution in [-0.4, -0.2) is 28.9 Å². The van der Waals surface area contributed by atoms with Crippen molar-refractivity contribution < 1.29 is 4.79 Å². The molecule has 1 aromatic carbocycles. The number of hydrogen-bond donors (Lipinski definition) is 1. The average molecular weight is 311 g/mol. The second-order valence-electron chi connectivity index (χ2n) is 6.01. The molecule has 122 valence electrons. The predicted octanol–water partition coefficient (Wildman–Crippen LogP) is 3.81. The molecule has 1 aromatic heterocycles. The summed E-state index contributed by atoms with van der Waals surface area (Å²) in [5, 5.41) is 3.26. The normalized spacial score (nSPS) is 10.6. The van der Waals surface area contributed by atoms with Crippen LogP contribution in [0.5, 0.6) is 0 Å². The molecule has 1 amide bonds. The summed E-state index contributed by atoms with van der Waals surface area (Å²) in [5.41, 5.74) is 1.75. The largest absolute Gasteiger partial charge is 0.370 e. The third-order valence-electron chi connectivity index (χ3n) is 3.59. The third-order valence-corrected chi connectivity index (χ3v) is 3.59. The van der Waals surface area contributed by atoms with Crippen LogP contribution in [0, 0.1) is 5.92 Å². The lowest BCUT2D eigenvalue weighted by Crippen LogP contribution is -2.30. The van der Waals surface area contributed by atoms with Gasteiger partial charge >= 0.3 is 0 Å². The number of hydrogen-bond acceptors (Lipinski definition) is 3. The maximum absolute atomic E-state index is 12.6. The van der Waals surface area contributed by atoms with Crippen LogP contribution in [0.15, 0.2) is 48.7 Å². The van der Waals surface area contributed by atoms with Crippen LogP contribution in [-0.2, 0) is 6.54 Å². The van der Waals surface area contributed by atoms with Crippen LogP contribution in [0.2, 0.25) is 0 Å². The van der Waals surface area contributed by atoms with Crippen molar-refractivity contribution in [3.63, 3.8) is 0 Å². The van der Waals surface area contributed by atoms with Crippen molar-refractivity contribution in [1.82, 2.24) is 9.88 Å². The molecule has 0 spiro atoms. The molecular formula is C19H25N3O. The van der Waals surface area contributed by atoms with E-state index in [4.69, 9.17) is 0 Å². The van der Waals surface area contributed by atoms with Gasteiger partial charge in [-0.25, -0.2) is 4.98 Å². The Balaban J connectivity index is 2.02. The number of rotatable bonds is 7. The molecule has 2 aromatic rings. The first-order chi connectivity index (χ1) is 11.1. The molecule has 0 aliphatic heterocycles. The molecule has 0 aliphatic carbocycles. The van der Waals surface area contributed by atoms with Gasteiger partial charge in [-0.15, -0.1) is 0 Å². The van der Waals surface area contributed by atoms with Gasteiger partial charge in [-0.2, -0.15) is 0 Å². The predicted molar refractivity (Wildman–Crippen MR) is 94.4 cm³/mol. The molecular weight excluding hydrogens is 286 g/mol. The van der Waals surface area contributed by atoms with Gasteiger partial charge in [0.1, 0.15) is 5.82 Å². The monoisotopic (exact) mass is 311 g/mol. The molecule has 0 fully saturated rings. The quantitative estimate of drug-likeness (QED) is 0.845. The fourth-order valence-electron chi connectivity index (χ4n) is 2.25. The molecule has 0 saturated heterocycles. The minimum Gasteiger partial charge on any atom is -0.370 e. The van der Waals surface area contributed by atoms with Gasteiger partial charge in [0.15, 0.2) is 0 Å². The number of benzene rings is 1. The molecule has 2 rings (SSSR count). The van der Waals surface area contributed by atoms with Gasteiger partial charge in [-0.1, -0.05) is 44.2 Å². The Morgan fingerprint density at radius 1 is 1.17 bits per heavy atom. The number of carbonyl (C=O) groups is 1. The summed E-state index contributed by atoms with van der Waals surface area (Å²) in [6.07, 6.45) is 1.65. The molecule has 1 heterocycles. The molecule has 0 unspecified atom stereocenters. The number of carbonyl (C=O) groups excluding carboxylic acids is 1. The highest BCUT2D eigenvalue weighted by Gasteiger charge is 2.15. The maximum atomic E-state index is 12.6. The lowest BCUT2D eigenvalue weighted by molar-refractivity contribution is 0.0752. The van der Waals surface area contributed by atoms with E-state index in [1.165, 1.54) is 0 Å². The summed E-state index contributed by atoms with van der Waals surface area (Å²) in [6.45, 7) is 8.44. The van der Waals surface area contributed by atoms with Crippen LogP contribution in [0.3, 0.4) is 0 Å². The molecule has 0 saturated carbocycles. The van der Waals surface area contributed by atoms with Gasteiger partial charge in [0.25, 0.3) is 5.91 Å². The van der Waals surface area contributed by atoms with E-state index in [-0.39, 0.29) is 5.91 Å². The summed E-state index contributed by atoms with van der Waals surface area (Å²) in [7, 11) is 0. The number of nitrogens with zero attached hydrogens (tertiary/aromatic N) is 2. The fourth-order valence-corrected chi connectivity index (χ4v) is 2.25. The summed E-state index contributed by atoms with van der Waals surface area (Å²) in [4.78, 5) is 18.8. The third kappa shape index (κ3) is 5.09. The van der Waals surface area contributed by atoms with E-state index in [1.54, 1.807) is 6.20 Å². The molecule has 4 nitrogen and oxygen atoms in total.